The molecule has 2 nitrogen and oxygen atoms in total. The molecule has 1 aromatic heterocycles. The van der Waals surface area contributed by atoms with Gasteiger partial charge in [0.1, 0.15) is 4.34 Å². The molecule has 0 fully saturated rings. The smallest absolute Gasteiger partial charge is 0.150 e. The van der Waals surface area contributed by atoms with Crippen molar-refractivity contribution in [2.75, 3.05) is 6.54 Å². The van der Waals surface area contributed by atoms with Crippen LogP contribution in [-0.2, 0) is 0 Å². The first-order chi connectivity index (χ1) is 6.58. The van der Waals surface area contributed by atoms with Gasteiger partial charge >= 0.3 is 0 Å². The minimum atomic E-state index is 0.566. The van der Waals surface area contributed by atoms with Gasteiger partial charge in [-0.15, -0.1) is 11.3 Å². The summed E-state index contributed by atoms with van der Waals surface area (Å²) in [6.45, 7) is 9.66. The maximum absolute atomic E-state index is 4.43. The molecule has 1 N–H and O–H groups in total. The van der Waals surface area contributed by atoms with Crippen LogP contribution in [0.2, 0.25) is 0 Å². The molecule has 14 heavy (non-hydrogen) atoms. The van der Waals surface area contributed by atoms with Crippen LogP contribution in [0.4, 0.5) is 0 Å². The predicted molar refractivity (Wildman–Crippen MR) is 65.3 cm³/mol. The summed E-state index contributed by atoms with van der Waals surface area (Å²) >= 11 is 3.59. The Morgan fingerprint density at radius 2 is 2.21 bits per heavy atom. The zero-order valence-corrected chi connectivity index (χ0v) is 10.8. The molecule has 1 unspecified atom stereocenters. The van der Waals surface area contributed by atoms with Crippen LogP contribution >= 0.6 is 23.1 Å². The number of thioether (sulfide) groups is 1. The highest BCUT2D eigenvalue weighted by Gasteiger charge is 2.07. The van der Waals surface area contributed by atoms with Gasteiger partial charge in [0.05, 0.1) is 0 Å². The third-order valence-corrected chi connectivity index (χ3v) is 3.90. The number of nitrogens with one attached hydrogen (secondary N) is 1. The molecule has 0 saturated carbocycles. The molecule has 80 valence electrons. The Labute approximate surface area is 94.5 Å². The van der Waals surface area contributed by atoms with Crippen molar-refractivity contribution >= 4 is 23.1 Å². The zero-order valence-electron chi connectivity index (χ0n) is 9.20. The van der Waals surface area contributed by atoms with Gasteiger partial charge in [0.25, 0.3) is 0 Å². The number of nitrogens with zero attached hydrogens (tertiary/aromatic N) is 1. The molecule has 1 aromatic rings. The maximum Gasteiger partial charge on any atom is 0.150 e. The minimum Gasteiger partial charge on any atom is -0.313 e. The van der Waals surface area contributed by atoms with E-state index in [9.17, 15) is 0 Å². The van der Waals surface area contributed by atoms with Gasteiger partial charge in [-0.1, -0.05) is 32.5 Å². The lowest BCUT2D eigenvalue weighted by molar-refractivity contribution is 0.589. The van der Waals surface area contributed by atoms with Crippen molar-refractivity contribution in [1.29, 1.82) is 0 Å². The van der Waals surface area contributed by atoms with E-state index in [0.29, 0.717) is 11.3 Å². The van der Waals surface area contributed by atoms with Gasteiger partial charge in [-0.05, 0) is 6.92 Å². The first-order valence-electron chi connectivity index (χ1n) is 4.90. The molecular weight excluding hydrogens is 212 g/mol. The quantitative estimate of drug-likeness (QED) is 0.787. The summed E-state index contributed by atoms with van der Waals surface area (Å²) < 4.78 is 1.18. The summed E-state index contributed by atoms with van der Waals surface area (Å²) in [5.74, 6) is 0. The lowest BCUT2D eigenvalue weighted by atomic mass is 10.3. The van der Waals surface area contributed by atoms with Crippen molar-refractivity contribution in [1.82, 2.24) is 10.3 Å². The second kappa shape index (κ2) is 5.73. The molecule has 0 aliphatic heterocycles. The fraction of sp³-hybridized carbons (Fsp3) is 0.700. The van der Waals surface area contributed by atoms with E-state index in [-0.39, 0.29) is 0 Å². The molecule has 1 rings (SSSR count). The Morgan fingerprint density at radius 1 is 1.50 bits per heavy atom. The number of rotatable bonds is 5. The van der Waals surface area contributed by atoms with E-state index in [1.807, 2.05) is 18.7 Å². The topological polar surface area (TPSA) is 24.9 Å². The Balaban J connectivity index is 2.30. The zero-order chi connectivity index (χ0) is 10.6. The lowest BCUT2D eigenvalue weighted by Gasteiger charge is -2.12. The van der Waals surface area contributed by atoms with Gasteiger partial charge in [0.15, 0.2) is 0 Å². The molecule has 1 heterocycles. The van der Waals surface area contributed by atoms with Crippen molar-refractivity contribution < 1.29 is 0 Å². The highest BCUT2D eigenvalue weighted by atomic mass is 32.2. The summed E-state index contributed by atoms with van der Waals surface area (Å²) in [6.07, 6.45) is 0. The van der Waals surface area contributed by atoms with E-state index in [1.54, 1.807) is 11.3 Å². The average molecular weight is 230 g/mol. The molecule has 0 aliphatic rings. The van der Waals surface area contributed by atoms with Crippen molar-refractivity contribution in [3.8, 4) is 0 Å². The standard InChI is InChI=1S/C10H18N2S2/c1-7(2)11-5-9(4)14-10-12-8(3)6-13-10/h6-7,9,11H,5H2,1-4H3. The van der Waals surface area contributed by atoms with Crippen LogP contribution in [0, 0.1) is 6.92 Å². The van der Waals surface area contributed by atoms with Gasteiger partial charge in [-0.25, -0.2) is 4.98 Å². The average Bonchev–Trinajstić information content (AvgIpc) is 2.48. The predicted octanol–water partition coefficient (Wildman–Crippen LogP) is 2.93. The van der Waals surface area contributed by atoms with Gasteiger partial charge in [-0.2, -0.15) is 0 Å². The van der Waals surface area contributed by atoms with Crippen LogP contribution < -0.4 is 5.32 Å². The summed E-state index contributed by atoms with van der Waals surface area (Å²) in [5, 5.41) is 6.12. The fourth-order valence-electron chi connectivity index (χ4n) is 1.00. The van der Waals surface area contributed by atoms with E-state index in [0.717, 1.165) is 12.2 Å². The lowest BCUT2D eigenvalue weighted by Crippen LogP contribution is -2.28. The second-order valence-corrected chi connectivity index (χ2v) is 6.29. The molecule has 0 spiro atoms. The highest BCUT2D eigenvalue weighted by Crippen LogP contribution is 2.26. The summed E-state index contributed by atoms with van der Waals surface area (Å²) in [4.78, 5) is 4.43. The normalized spacial score (nSPS) is 13.5. The first kappa shape index (κ1) is 12.0. The van der Waals surface area contributed by atoms with Gasteiger partial charge in [-0.3, -0.25) is 0 Å². The molecule has 0 aliphatic carbocycles. The van der Waals surface area contributed by atoms with Crippen LogP contribution in [-0.4, -0.2) is 22.8 Å². The van der Waals surface area contributed by atoms with Crippen LogP contribution in [0.3, 0.4) is 0 Å². The second-order valence-electron chi connectivity index (χ2n) is 3.75. The summed E-state index contributed by atoms with van der Waals surface area (Å²) in [6, 6.07) is 0.566. The number of thiazole rings is 1. The molecule has 0 saturated heterocycles. The highest BCUT2D eigenvalue weighted by molar-refractivity contribution is 8.01. The molecule has 0 aromatic carbocycles. The van der Waals surface area contributed by atoms with Crippen LogP contribution in [0.5, 0.6) is 0 Å². The third-order valence-electron chi connectivity index (χ3n) is 1.71. The minimum absolute atomic E-state index is 0.566. The van der Waals surface area contributed by atoms with Crippen LogP contribution in [0.1, 0.15) is 26.5 Å². The molecular formula is C10H18N2S2. The maximum atomic E-state index is 4.43. The van der Waals surface area contributed by atoms with E-state index in [2.05, 4.69) is 36.5 Å². The van der Waals surface area contributed by atoms with E-state index in [4.69, 9.17) is 0 Å². The van der Waals surface area contributed by atoms with Crippen LogP contribution in [0.25, 0.3) is 0 Å². The Hall–Kier alpha value is -0.0600. The van der Waals surface area contributed by atoms with E-state index in [1.165, 1.54) is 4.34 Å². The largest absolute Gasteiger partial charge is 0.313 e. The monoisotopic (exact) mass is 230 g/mol. The number of hydrogen-bond acceptors (Lipinski definition) is 4. The third kappa shape index (κ3) is 4.44. The Kier molecular flexibility index (Phi) is 4.92. The number of hydrogen-bond donors (Lipinski definition) is 1. The summed E-state index contributed by atoms with van der Waals surface area (Å²) in [5.41, 5.74) is 1.13. The summed E-state index contributed by atoms with van der Waals surface area (Å²) in [7, 11) is 0. The Bertz CT molecular complexity index is 271. The first-order valence-corrected chi connectivity index (χ1v) is 6.66. The molecule has 4 heteroatoms. The van der Waals surface area contributed by atoms with Crippen molar-refractivity contribution in [2.24, 2.45) is 0 Å². The number of aromatic nitrogens is 1. The molecule has 1 atom stereocenters. The van der Waals surface area contributed by atoms with Crippen molar-refractivity contribution in [3.05, 3.63) is 11.1 Å². The van der Waals surface area contributed by atoms with Gasteiger partial charge < -0.3 is 5.32 Å². The molecule has 0 bridgehead atoms. The van der Waals surface area contributed by atoms with E-state index < -0.39 is 0 Å². The SMILES string of the molecule is Cc1csc(SC(C)CNC(C)C)n1. The fourth-order valence-corrected chi connectivity index (χ4v) is 3.10. The molecule has 0 amide bonds. The van der Waals surface area contributed by atoms with Crippen LogP contribution in [0.15, 0.2) is 9.72 Å². The van der Waals surface area contributed by atoms with Gasteiger partial charge in [0, 0.05) is 28.9 Å². The Morgan fingerprint density at radius 3 is 2.71 bits per heavy atom. The van der Waals surface area contributed by atoms with Crippen molar-refractivity contribution in [3.63, 3.8) is 0 Å². The number of aryl methyl sites for hydroxylation is 1. The van der Waals surface area contributed by atoms with Gasteiger partial charge in [0.2, 0.25) is 0 Å². The van der Waals surface area contributed by atoms with Crippen molar-refractivity contribution in [2.45, 2.75) is 43.3 Å². The molecule has 0 radical (unpaired) electrons. The van der Waals surface area contributed by atoms with E-state index >= 15 is 0 Å².